The SMILES string of the molecule is CC(=O)CC[C@@]12C=CC(=O)C=C1CCCC2. The number of Topliss-reactive ketones (excluding diaryl/α,β-unsaturated/α-hetero) is 1. The van der Waals surface area contributed by atoms with Gasteiger partial charge in [0.1, 0.15) is 5.78 Å². The Labute approximate surface area is 96.4 Å². The Balaban J connectivity index is 2.20. The number of rotatable bonds is 3. The van der Waals surface area contributed by atoms with Gasteiger partial charge in [-0.15, -0.1) is 0 Å². The lowest BCUT2D eigenvalue weighted by Gasteiger charge is -2.39. The highest BCUT2D eigenvalue weighted by Gasteiger charge is 2.35. The largest absolute Gasteiger partial charge is 0.300 e. The van der Waals surface area contributed by atoms with Gasteiger partial charge in [0, 0.05) is 11.8 Å². The molecule has 0 aromatic heterocycles. The molecular formula is C14H18O2. The van der Waals surface area contributed by atoms with Crippen molar-refractivity contribution in [1.29, 1.82) is 0 Å². The van der Waals surface area contributed by atoms with E-state index < -0.39 is 0 Å². The van der Waals surface area contributed by atoms with Crippen molar-refractivity contribution in [3.63, 3.8) is 0 Å². The molecule has 0 unspecified atom stereocenters. The summed E-state index contributed by atoms with van der Waals surface area (Å²) in [6.07, 6.45) is 11.5. The highest BCUT2D eigenvalue weighted by Crippen LogP contribution is 2.47. The van der Waals surface area contributed by atoms with E-state index in [1.807, 2.05) is 6.08 Å². The third kappa shape index (κ3) is 2.16. The average Bonchev–Trinajstić information content (AvgIpc) is 2.27. The summed E-state index contributed by atoms with van der Waals surface area (Å²) in [4.78, 5) is 22.5. The van der Waals surface area contributed by atoms with Crippen molar-refractivity contribution < 1.29 is 9.59 Å². The van der Waals surface area contributed by atoms with Crippen molar-refractivity contribution in [2.24, 2.45) is 5.41 Å². The first kappa shape index (κ1) is 11.3. The number of carbonyl (C=O) groups is 2. The second kappa shape index (κ2) is 4.36. The number of carbonyl (C=O) groups excluding carboxylic acids is 2. The van der Waals surface area contributed by atoms with E-state index in [4.69, 9.17) is 0 Å². The van der Waals surface area contributed by atoms with Gasteiger partial charge in [-0.25, -0.2) is 0 Å². The van der Waals surface area contributed by atoms with Gasteiger partial charge in [-0.3, -0.25) is 4.79 Å². The minimum atomic E-state index is 0.0256. The molecule has 0 aliphatic heterocycles. The summed E-state index contributed by atoms with van der Waals surface area (Å²) in [5, 5.41) is 0. The molecule has 0 N–H and O–H groups in total. The Kier molecular flexibility index (Phi) is 3.08. The second-order valence-corrected chi connectivity index (χ2v) is 4.97. The number of ketones is 2. The molecule has 2 heteroatoms. The van der Waals surface area contributed by atoms with Crippen LogP contribution in [0, 0.1) is 5.41 Å². The quantitative estimate of drug-likeness (QED) is 0.729. The zero-order valence-corrected chi connectivity index (χ0v) is 9.79. The van der Waals surface area contributed by atoms with Crippen molar-refractivity contribution in [2.45, 2.75) is 45.4 Å². The molecule has 0 heterocycles. The molecule has 1 atom stereocenters. The fraction of sp³-hybridized carbons (Fsp3) is 0.571. The van der Waals surface area contributed by atoms with Gasteiger partial charge < -0.3 is 4.79 Å². The fourth-order valence-electron chi connectivity index (χ4n) is 2.80. The summed E-state index contributed by atoms with van der Waals surface area (Å²) >= 11 is 0. The van der Waals surface area contributed by atoms with E-state index in [1.165, 1.54) is 18.4 Å². The van der Waals surface area contributed by atoms with Crippen LogP contribution in [0.4, 0.5) is 0 Å². The zero-order valence-electron chi connectivity index (χ0n) is 9.79. The Bertz CT molecular complexity index is 376. The molecule has 2 aliphatic carbocycles. The van der Waals surface area contributed by atoms with Crippen LogP contribution in [0.25, 0.3) is 0 Å². The fourth-order valence-corrected chi connectivity index (χ4v) is 2.80. The van der Waals surface area contributed by atoms with E-state index in [0.29, 0.717) is 6.42 Å². The number of hydrogen-bond donors (Lipinski definition) is 0. The maximum Gasteiger partial charge on any atom is 0.178 e. The summed E-state index contributed by atoms with van der Waals surface area (Å²) in [5.41, 5.74) is 1.28. The third-order valence-electron chi connectivity index (χ3n) is 3.76. The minimum Gasteiger partial charge on any atom is -0.300 e. The predicted octanol–water partition coefficient (Wildman–Crippen LogP) is 2.98. The van der Waals surface area contributed by atoms with Crippen LogP contribution < -0.4 is 0 Å². The van der Waals surface area contributed by atoms with Crippen LogP contribution in [0.15, 0.2) is 23.8 Å². The van der Waals surface area contributed by atoms with Gasteiger partial charge in [0.2, 0.25) is 0 Å². The third-order valence-corrected chi connectivity index (χ3v) is 3.76. The first-order valence-electron chi connectivity index (χ1n) is 6.06. The lowest BCUT2D eigenvalue weighted by molar-refractivity contribution is -0.117. The highest BCUT2D eigenvalue weighted by molar-refractivity contribution is 6.01. The number of fused-ring (bicyclic) bond motifs is 1. The smallest absolute Gasteiger partial charge is 0.178 e. The first-order valence-corrected chi connectivity index (χ1v) is 6.06. The first-order chi connectivity index (χ1) is 7.62. The van der Waals surface area contributed by atoms with E-state index >= 15 is 0 Å². The van der Waals surface area contributed by atoms with Gasteiger partial charge in [0.05, 0.1) is 0 Å². The van der Waals surface area contributed by atoms with Crippen LogP contribution >= 0.6 is 0 Å². The Hall–Kier alpha value is -1.18. The maximum atomic E-state index is 11.4. The van der Waals surface area contributed by atoms with Gasteiger partial charge in [-0.05, 0) is 44.8 Å². The summed E-state index contributed by atoms with van der Waals surface area (Å²) in [5.74, 6) is 0.347. The van der Waals surface area contributed by atoms with Gasteiger partial charge in [-0.1, -0.05) is 18.1 Å². The van der Waals surface area contributed by atoms with Gasteiger partial charge in [-0.2, -0.15) is 0 Å². The van der Waals surface area contributed by atoms with E-state index in [-0.39, 0.29) is 17.0 Å². The topological polar surface area (TPSA) is 34.1 Å². The van der Waals surface area contributed by atoms with Gasteiger partial charge in [0.15, 0.2) is 5.78 Å². The van der Waals surface area contributed by atoms with E-state index in [1.54, 1.807) is 19.1 Å². The molecule has 1 fully saturated rings. The summed E-state index contributed by atoms with van der Waals surface area (Å²) < 4.78 is 0. The van der Waals surface area contributed by atoms with E-state index in [0.717, 1.165) is 19.3 Å². The van der Waals surface area contributed by atoms with Crippen LogP contribution in [0.5, 0.6) is 0 Å². The summed E-state index contributed by atoms with van der Waals surface area (Å²) in [7, 11) is 0. The molecule has 0 amide bonds. The summed E-state index contributed by atoms with van der Waals surface area (Å²) in [6, 6.07) is 0. The lowest BCUT2D eigenvalue weighted by Crippen LogP contribution is -2.28. The van der Waals surface area contributed by atoms with Crippen LogP contribution in [-0.2, 0) is 9.59 Å². The van der Waals surface area contributed by atoms with Crippen molar-refractivity contribution in [3.8, 4) is 0 Å². The molecule has 0 saturated heterocycles. The normalized spacial score (nSPS) is 28.6. The molecular weight excluding hydrogens is 200 g/mol. The summed E-state index contributed by atoms with van der Waals surface area (Å²) in [6.45, 7) is 1.64. The maximum absolute atomic E-state index is 11.4. The van der Waals surface area contributed by atoms with E-state index in [9.17, 15) is 9.59 Å². The van der Waals surface area contributed by atoms with Crippen LogP contribution in [0.1, 0.15) is 45.4 Å². The molecule has 2 rings (SSSR count). The molecule has 16 heavy (non-hydrogen) atoms. The van der Waals surface area contributed by atoms with Crippen LogP contribution in [0.3, 0.4) is 0 Å². The molecule has 0 spiro atoms. The van der Waals surface area contributed by atoms with Crippen molar-refractivity contribution in [2.75, 3.05) is 0 Å². The molecule has 2 aliphatic rings. The Morgan fingerprint density at radius 1 is 1.44 bits per heavy atom. The molecule has 0 aromatic carbocycles. The molecule has 0 bridgehead atoms. The molecule has 1 saturated carbocycles. The Morgan fingerprint density at radius 2 is 2.25 bits per heavy atom. The molecule has 2 nitrogen and oxygen atoms in total. The Morgan fingerprint density at radius 3 is 3.00 bits per heavy atom. The lowest BCUT2D eigenvalue weighted by atomic mass is 9.65. The highest BCUT2D eigenvalue weighted by atomic mass is 16.1. The average molecular weight is 218 g/mol. The number of hydrogen-bond acceptors (Lipinski definition) is 2. The van der Waals surface area contributed by atoms with Crippen molar-refractivity contribution >= 4 is 11.6 Å². The van der Waals surface area contributed by atoms with E-state index in [2.05, 4.69) is 0 Å². The molecule has 86 valence electrons. The van der Waals surface area contributed by atoms with Crippen molar-refractivity contribution in [1.82, 2.24) is 0 Å². The zero-order chi connectivity index (χ0) is 11.6. The monoisotopic (exact) mass is 218 g/mol. The second-order valence-electron chi connectivity index (χ2n) is 4.97. The van der Waals surface area contributed by atoms with Gasteiger partial charge >= 0.3 is 0 Å². The van der Waals surface area contributed by atoms with Crippen molar-refractivity contribution in [3.05, 3.63) is 23.8 Å². The molecule has 0 aromatic rings. The number of allylic oxidation sites excluding steroid dienone is 4. The van der Waals surface area contributed by atoms with Crippen LogP contribution in [-0.4, -0.2) is 11.6 Å². The van der Waals surface area contributed by atoms with Gasteiger partial charge in [0.25, 0.3) is 0 Å². The van der Waals surface area contributed by atoms with Crippen LogP contribution in [0.2, 0.25) is 0 Å². The molecule has 0 radical (unpaired) electrons. The minimum absolute atomic E-state index is 0.0256. The predicted molar refractivity (Wildman–Crippen MR) is 63.0 cm³/mol. The standard InChI is InChI=1S/C14H18O2/c1-11(15)5-8-14-7-3-2-4-12(14)10-13(16)6-9-14/h6,9-10H,2-5,7-8H2,1H3/t14-/m0/s1.